The van der Waals surface area contributed by atoms with Crippen LogP contribution in [-0.2, 0) is 20.9 Å². The van der Waals surface area contributed by atoms with Crippen LogP contribution in [0.3, 0.4) is 0 Å². The first-order valence-corrected chi connectivity index (χ1v) is 12.0. The Hall–Kier alpha value is -3.77. The maximum Gasteiger partial charge on any atom is 0.270 e. The monoisotopic (exact) mass is 534 g/mol. The van der Waals surface area contributed by atoms with Crippen molar-refractivity contribution in [2.45, 2.75) is 43.9 Å². The van der Waals surface area contributed by atoms with Gasteiger partial charge in [0.2, 0.25) is 5.60 Å². The molecule has 3 aromatic rings. The van der Waals surface area contributed by atoms with Gasteiger partial charge >= 0.3 is 0 Å². The molecule has 5 rings (SSSR count). The van der Waals surface area contributed by atoms with Crippen molar-refractivity contribution >= 4 is 17.6 Å². The standard InChI is InChI=1S/C15H14F2N4O3.C11H12F2O/c16-10-5-9(6-11(17)7-10)8-18-13(22)15(24)2-4-21(14(15)23)12-1-3-19-20-12;12-8-4-5-10(13)9(7-8)11-3-1-2-6-14-11/h1,3,5-7,24H,2,4,8H2,(H,18,22)(H,19,20);4-5,7,11H,1-3,6H2. The summed E-state index contributed by atoms with van der Waals surface area (Å²) < 4.78 is 57.8. The first-order chi connectivity index (χ1) is 18.2. The summed E-state index contributed by atoms with van der Waals surface area (Å²) >= 11 is 0. The molecular formula is C26H26F4N4O4. The highest BCUT2D eigenvalue weighted by atomic mass is 19.1. The van der Waals surface area contributed by atoms with E-state index in [9.17, 15) is 32.3 Å². The molecule has 0 radical (unpaired) electrons. The number of hydrogen-bond acceptors (Lipinski definition) is 5. The van der Waals surface area contributed by atoms with Crippen molar-refractivity contribution in [3.05, 3.63) is 83.1 Å². The van der Waals surface area contributed by atoms with Crippen molar-refractivity contribution in [1.82, 2.24) is 15.5 Å². The highest BCUT2D eigenvalue weighted by Gasteiger charge is 2.52. The molecule has 2 fully saturated rings. The number of nitrogens with zero attached hydrogens (tertiary/aromatic N) is 2. The Morgan fingerprint density at radius 2 is 1.87 bits per heavy atom. The lowest BCUT2D eigenvalue weighted by atomic mass is 10.0. The highest BCUT2D eigenvalue weighted by Crippen LogP contribution is 2.30. The number of carbonyl (C=O) groups is 2. The fourth-order valence-electron chi connectivity index (χ4n) is 4.33. The number of benzene rings is 2. The molecule has 2 atom stereocenters. The Kier molecular flexibility index (Phi) is 8.42. The first-order valence-electron chi connectivity index (χ1n) is 12.0. The molecule has 202 valence electrons. The van der Waals surface area contributed by atoms with Crippen molar-refractivity contribution in [2.75, 3.05) is 18.1 Å². The van der Waals surface area contributed by atoms with E-state index in [2.05, 4.69) is 15.5 Å². The van der Waals surface area contributed by atoms with Gasteiger partial charge in [0.15, 0.2) is 0 Å². The molecule has 2 saturated heterocycles. The predicted molar refractivity (Wildman–Crippen MR) is 128 cm³/mol. The van der Waals surface area contributed by atoms with Gasteiger partial charge in [-0.3, -0.25) is 19.6 Å². The van der Waals surface area contributed by atoms with Crippen molar-refractivity contribution in [3.8, 4) is 0 Å². The van der Waals surface area contributed by atoms with E-state index in [4.69, 9.17) is 4.74 Å². The Morgan fingerprint density at radius 1 is 1.11 bits per heavy atom. The number of carbonyl (C=O) groups excluding carboxylic acids is 2. The van der Waals surface area contributed by atoms with E-state index in [0.717, 1.165) is 43.5 Å². The minimum Gasteiger partial charge on any atom is -0.373 e. The van der Waals surface area contributed by atoms with E-state index < -0.39 is 34.9 Å². The van der Waals surface area contributed by atoms with Gasteiger partial charge in [0.05, 0.1) is 12.3 Å². The number of ether oxygens (including phenoxy) is 1. The van der Waals surface area contributed by atoms with Gasteiger partial charge in [0.1, 0.15) is 29.1 Å². The molecule has 0 bridgehead atoms. The number of anilines is 1. The van der Waals surface area contributed by atoms with Crippen molar-refractivity contribution in [3.63, 3.8) is 0 Å². The fourth-order valence-corrected chi connectivity index (χ4v) is 4.33. The van der Waals surface area contributed by atoms with E-state index in [0.29, 0.717) is 24.1 Å². The van der Waals surface area contributed by atoms with Gasteiger partial charge in [-0.15, -0.1) is 0 Å². The Bertz CT molecular complexity index is 1260. The summed E-state index contributed by atoms with van der Waals surface area (Å²) in [6, 6.07) is 7.87. The van der Waals surface area contributed by atoms with Gasteiger partial charge in [-0.2, -0.15) is 5.10 Å². The van der Waals surface area contributed by atoms with Crippen LogP contribution < -0.4 is 10.2 Å². The topological polar surface area (TPSA) is 108 Å². The third-order valence-corrected chi connectivity index (χ3v) is 6.31. The van der Waals surface area contributed by atoms with Crippen LogP contribution in [0, 0.1) is 23.3 Å². The minimum absolute atomic E-state index is 0.103. The number of halogens is 4. The number of aromatic nitrogens is 2. The molecular weight excluding hydrogens is 508 g/mol. The normalized spacial score (nSPS) is 21.1. The molecule has 0 aliphatic carbocycles. The fraction of sp³-hybridized carbons (Fsp3) is 0.346. The summed E-state index contributed by atoms with van der Waals surface area (Å²) in [4.78, 5) is 25.8. The van der Waals surface area contributed by atoms with Crippen LogP contribution in [0.4, 0.5) is 23.4 Å². The van der Waals surface area contributed by atoms with Gasteiger partial charge in [-0.1, -0.05) is 0 Å². The van der Waals surface area contributed by atoms with Crippen LogP contribution in [0.2, 0.25) is 0 Å². The van der Waals surface area contributed by atoms with Crippen LogP contribution in [0.1, 0.15) is 42.9 Å². The van der Waals surface area contributed by atoms with Crippen molar-refractivity contribution < 1.29 is 37.0 Å². The van der Waals surface area contributed by atoms with Crippen LogP contribution in [0.25, 0.3) is 0 Å². The number of H-pyrrole nitrogens is 1. The van der Waals surface area contributed by atoms with E-state index in [-0.39, 0.29) is 37.0 Å². The summed E-state index contributed by atoms with van der Waals surface area (Å²) in [5.74, 6) is -3.67. The Balaban J connectivity index is 0.000000204. The largest absolute Gasteiger partial charge is 0.373 e. The first kappa shape index (κ1) is 27.3. The van der Waals surface area contributed by atoms with Crippen LogP contribution in [0.15, 0.2) is 48.7 Å². The number of aromatic amines is 1. The smallest absolute Gasteiger partial charge is 0.270 e. The molecule has 8 nitrogen and oxygen atoms in total. The van der Waals surface area contributed by atoms with Crippen LogP contribution >= 0.6 is 0 Å². The summed E-state index contributed by atoms with van der Waals surface area (Å²) in [5.41, 5.74) is -1.69. The molecule has 3 N–H and O–H groups in total. The SMILES string of the molecule is Fc1ccc(F)c(C2CCCCO2)c1.O=C(NCc1cc(F)cc(F)c1)C1(O)CCN(c2ccn[nH]2)C1=O. The Labute approximate surface area is 215 Å². The predicted octanol–water partition coefficient (Wildman–Crippen LogP) is 3.68. The van der Waals surface area contributed by atoms with Gasteiger partial charge < -0.3 is 15.2 Å². The average Bonchev–Trinajstić information content (AvgIpc) is 3.53. The number of amides is 2. The number of nitrogens with one attached hydrogen (secondary N) is 2. The van der Waals surface area contributed by atoms with E-state index in [1.807, 2.05) is 0 Å². The van der Waals surface area contributed by atoms with Crippen LogP contribution in [-0.4, -0.2) is 45.9 Å². The van der Waals surface area contributed by atoms with Crippen molar-refractivity contribution in [1.29, 1.82) is 0 Å². The summed E-state index contributed by atoms with van der Waals surface area (Å²) in [5, 5.41) is 19.0. The third-order valence-electron chi connectivity index (χ3n) is 6.31. The Morgan fingerprint density at radius 3 is 2.53 bits per heavy atom. The second-order valence-electron chi connectivity index (χ2n) is 8.99. The number of hydrogen-bond donors (Lipinski definition) is 3. The highest BCUT2D eigenvalue weighted by molar-refractivity contribution is 6.16. The average molecular weight is 535 g/mol. The lowest BCUT2D eigenvalue weighted by Gasteiger charge is -2.23. The van der Waals surface area contributed by atoms with E-state index in [1.54, 1.807) is 0 Å². The lowest BCUT2D eigenvalue weighted by molar-refractivity contribution is -0.149. The molecule has 1 aromatic heterocycles. The zero-order valence-electron chi connectivity index (χ0n) is 20.2. The third kappa shape index (κ3) is 6.20. The maximum absolute atomic E-state index is 13.3. The van der Waals surface area contributed by atoms with Crippen molar-refractivity contribution in [2.24, 2.45) is 0 Å². The summed E-state index contributed by atoms with van der Waals surface area (Å²) in [6.45, 7) is 0.563. The van der Waals surface area contributed by atoms with E-state index >= 15 is 0 Å². The second kappa shape index (κ2) is 11.7. The summed E-state index contributed by atoms with van der Waals surface area (Å²) in [6.07, 6.45) is 3.88. The number of aliphatic hydroxyl groups is 1. The number of rotatable bonds is 5. The van der Waals surface area contributed by atoms with E-state index in [1.165, 1.54) is 23.2 Å². The van der Waals surface area contributed by atoms with Gasteiger partial charge in [-0.05, 0) is 55.2 Å². The minimum atomic E-state index is -2.23. The molecule has 3 heterocycles. The molecule has 38 heavy (non-hydrogen) atoms. The van der Waals surface area contributed by atoms with Gasteiger partial charge in [0, 0.05) is 43.8 Å². The van der Waals surface area contributed by atoms with Crippen LogP contribution in [0.5, 0.6) is 0 Å². The zero-order valence-corrected chi connectivity index (χ0v) is 20.2. The second-order valence-corrected chi connectivity index (χ2v) is 8.99. The molecule has 12 heteroatoms. The lowest BCUT2D eigenvalue weighted by Crippen LogP contribution is -2.52. The van der Waals surface area contributed by atoms with Gasteiger partial charge in [-0.25, -0.2) is 17.6 Å². The zero-order chi connectivity index (χ0) is 27.3. The summed E-state index contributed by atoms with van der Waals surface area (Å²) in [7, 11) is 0. The molecule has 2 aliphatic heterocycles. The quantitative estimate of drug-likeness (QED) is 0.342. The van der Waals surface area contributed by atoms with Gasteiger partial charge in [0.25, 0.3) is 11.8 Å². The molecule has 0 saturated carbocycles. The molecule has 0 spiro atoms. The molecule has 2 aliphatic rings. The molecule has 2 amide bonds. The molecule has 2 unspecified atom stereocenters. The molecule has 2 aromatic carbocycles. The maximum atomic E-state index is 13.3.